The third-order valence-corrected chi connectivity index (χ3v) is 4.00. The van der Waals surface area contributed by atoms with Crippen LogP contribution in [-0.4, -0.2) is 26.1 Å². The van der Waals surface area contributed by atoms with Gasteiger partial charge in [0.2, 0.25) is 0 Å². The SMILES string of the molecule is Nc1nc2nc3c1[nH]c(=O)n3Cc1cccc(c1)C/C=C/CCO2. The van der Waals surface area contributed by atoms with Crippen LogP contribution in [0.5, 0.6) is 6.01 Å². The number of benzene rings is 1. The van der Waals surface area contributed by atoms with Crippen LogP contribution < -0.4 is 16.2 Å². The van der Waals surface area contributed by atoms with Crippen molar-refractivity contribution in [3.8, 4) is 6.01 Å². The first kappa shape index (κ1) is 14.5. The number of allylic oxidation sites excluding steroid dienone is 1. The van der Waals surface area contributed by atoms with Crippen LogP contribution in [0.25, 0.3) is 11.2 Å². The summed E-state index contributed by atoms with van der Waals surface area (Å²) < 4.78 is 7.13. The minimum atomic E-state index is -0.263. The molecule has 0 fully saturated rings. The summed E-state index contributed by atoms with van der Waals surface area (Å²) in [5.74, 6) is 0.210. The molecule has 3 N–H and O–H groups in total. The summed E-state index contributed by atoms with van der Waals surface area (Å²) in [6, 6.07) is 8.36. The number of nitrogen functional groups attached to an aromatic ring is 1. The first-order valence-electron chi connectivity index (χ1n) is 7.82. The van der Waals surface area contributed by atoms with Gasteiger partial charge in [-0.1, -0.05) is 36.4 Å². The number of nitrogens with two attached hydrogens (primary N) is 1. The summed E-state index contributed by atoms with van der Waals surface area (Å²) in [7, 11) is 0. The highest BCUT2D eigenvalue weighted by Crippen LogP contribution is 2.19. The van der Waals surface area contributed by atoms with E-state index in [2.05, 4.69) is 39.2 Å². The second-order valence-electron chi connectivity index (χ2n) is 5.74. The number of fused-ring (bicyclic) bond motifs is 3. The lowest BCUT2D eigenvalue weighted by molar-refractivity contribution is 0.300. The van der Waals surface area contributed by atoms with Gasteiger partial charge in [-0.3, -0.25) is 4.57 Å². The molecule has 0 atom stereocenters. The molecule has 1 aliphatic rings. The zero-order valence-electron chi connectivity index (χ0n) is 13.0. The molecule has 1 aliphatic heterocycles. The van der Waals surface area contributed by atoms with Gasteiger partial charge in [-0.2, -0.15) is 9.97 Å². The number of hydrogen-bond donors (Lipinski definition) is 2. The van der Waals surface area contributed by atoms with Crippen molar-refractivity contribution in [2.45, 2.75) is 19.4 Å². The van der Waals surface area contributed by atoms with Crippen molar-refractivity contribution in [1.29, 1.82) is 0 Å². The van der Waals surface area contributed by atoms with Gasteiger partial charge >= 0.3 is 11.7 Å². The Labute approximate surface area is 137 Å². The van der Waals surface area contributed by atoms with Gasteiger partial charge in [0.05, 0.1) is 13.2 Å². The van der Waals surface area contributed by atoms with Crippen molar-refractivity contribution in [1.82, 2.24) is 19.5 Å². The number of hydrogen-bond acceptors (Lipinski definition) is 5. The molecule has 0 radical (unpaired) electrons. The molecule has 2 aromatic heterocycles. The van der Waals surface area contributed by atoms with Crippen molar-refractivity contribution in [2.24, 2.45) is 0 Å². The average molecular weight is 323 g/mol. The topological polar surface area (TPSA) is 98.8 Å². The fourth-order valence-electron chi connectivity index (χ4n) is 2.84. The fraction of sp³-hybridized carbons (Fsp3) is 0.235. The van der Waals surface area contributed by atoms with Gasteiger partial charge in [-0.25, -0.2) is 4.79 Å². The minimum absolute atomic E-state index is 0.187. The number of aromatic amines is 1. The highest BCUT2D eigenvalue weighted by Gasteiger charge is 2.15. The maximum absolute atomic E-state index is 12.3. The summed E-state index contributed by atoms with van der Waals surface area (Å²) in [6.07, 6.45) is 5.79. The second-order valence-corrected chi connectivity index (χ2v) is 5.74. The Morgan fingerprint density at radius 2 is 2.08 bits per heavy atom. The van der Waals surface area contributed by atoms with Crippen molar-refractivity contribution in [3.05, 3.63) is 58.0 Å². The van der Waals surface area contributed by atoms with E-state index in [-0.39, 0.29) is 17.5 Å². The number of H-pyrrole nitrogens is 1. The highest BCUT2D eigenvalue weighted by molar-refractivity contribution is 5.81. The number of ether oxygens (including phenoxy) is 1. The number of imidazole rings is 1. The Bertz CT molecular complexity index is 986. The van der Waals surface area contributed by atoms with E-state index in [9.17, 15) is 4.79 Å². The summed E-state index contributed by atoms with van der Waals surface area (Å²) in [5, 5.41) is 0. The molecular weight excluding hydrogens is 306 g/mol. The first-order chi connectivity index (χ1) is 11.7. The third-order valence-electron chi connectivity index (χ3n) is 4.00. The lowest BCUT2D eigenvalue weighted by Crippen LogP contribution is -2.18. The quantitative estimate of drug-likeness (QED) is 0.613. The van der Waals surface area contributed by atoms with Gasteiger partial charge in [0.25, 0.3) is 0 Å². The Balaban J connectivity index is 1.89. The Kier molecular flexibility index (Phi) is 3.53. The average Bonchev–Trinajstić information content (AvgIpc) is 2.88. The van der Waals surface area contributed by atoms with E-state index in [1.807, 2.05) is 12.1 Å². The molecule has 3 heterocycles. The number of anilines is 1. The van der Waals surface area contributed by atoms with Crippen molar-refractivity contribution < 1.29 is 4.74 Å². The maximum atomic E-state index is 12.3. The second kappa shape index (κ2) is 5.84. The van der Waals surface area contributed by atoms with Crippen molar-refractivity contribution in [3.63, 3.8) is 0 Å². The Morgan fingerprint density at radius 1 is 1.21 bits per heavy atom. The molecule has 4 rings (SSSR count). The zero-order valence-corrected chi connectivity index (χ0v) is 13.0. The van der Waals surface area contributed by atoms with E-state index in [1.165, 1.54) is 5.56 Å². The van der Waals surface area contributed by atoms with Crippen LogP contribution in [0.3, 0.4) is 0 Å². The smallest absolute Gasteiger partial charge is 0.328 e. The fourth-order valence-corrected chi connectivity index (χ4v) is 2.84. The highest BCUT2D eigenvalue weighted by atomic mass is 16.5. The van der Waals surface area contributed by atoms with Crippen LogP contribution in [0.15, 0.2) is 41.2 Å². The lowest BCUT2D eigenvalue weighted by atomic mass is 10.1. The van der Waals surface area contributed by atoms with E-state index in [0.29, 0.717) is 24.3 Å². The molecule has 7 heteroatoms. The molecule has 7 nitrogen and oxygen atoms in total. The van der Waals surface area contributed by atoms with Crippen molar-refractivity contribution in [2.75, 3.05) is 12.3 Å². The molecule has 122 valence electrons. The van der Waals surface area contributed by atoms with Crippen LogP contribution in [0.4, 0.5) is 5.82 Å². The molecule has 3 aromatic rings. The van der Waals surface area contributed by atoms with E-state index in [1.54, 1.807) is 4.57 Å². The normalized spacial score (nSPS) is 15.8. The standard InChI is InChI=1S/C17H17N5O2/c18-14-13-15-21-16(20-14)24-8-3-1-2-5-11-6-4-7-12(9-11)10-22(15)17(23)19-13/h1-2,4,6-7,9H,3,5,8,10H2,(H,19,23)(H2,18,20,21)/b2-1+. The summed E-state index contributed by atoms with van der Waals surface area (Å²) in [5.41, 5.74) is 8.81. The number of rotatable bonds is 0. The molecule has 0 unspecified atom stereocenters. The summed E-state index contributed by atoms with van der Waals surface area (Å²) in [6.45, 7) is 0.864. The van der Waals surface area contributed by atoms with Gasteiger partial charge in [0, 0.05) is 0 Å². The van der Waals surface area contributed by atoms with Gasteiger partial charge in [-0.15, -0.1) is 0 Å². The van der Waals surface area contributed by atoms with Crippen LogP contribution in [0.1, 0.15) is 17.5 Å². The maximum Gasteiger partial charge on any atom is 0.328 e. The first-order valence-corrected chi connectivity index (χ1v) is 7.82. The molecular formula is C17H17N5O2. The van der Waals surface area contributed by atoms with Gasteiger partial charge < -0.3 is 15.5 Å². The Hall–Kier alpha value is -3.09. The molecule has 0 aliphatic carbocycles. The van der Waals surface area contributed by atoms with Crippen LogP contribution >= 0.6 is 0 Å². The Morgan fingerprint density at radius 3 is 3.00 bits per heavy atom. The number of nitrogens with one attached hydrogen (secondary N) is 1. The minimum Gasteiger partial charge on any atom is -0.463 e. The molecule has 1 aromatic carbocycles. The summed E-state index contributed by atoms with van der Waals surface area (Å²) >= 11 is 0. The van der Waals surface area contributed by atoms with E-state index in [0.717, 1.165) is 18.4 Å². The van der Waals surface area contributed by atoms with Gasteiger partial charge in [0.15, 0.2) is 11.5 Å². The summed E-state index contributed by atoms with van der Waals surface area (Å²) in [4.78, 5) is 23.5. The van der Waals surface area contributed by atoms with Crippen LogP contribution in [0, 0.1) is 0 Å². The molecule has 0 saturated carbocycles. The third kappa shape index (κ3) is 2.64. The predicted molar refractivity (Wildman–Crippen MR) is 91.1 cm³/mol. The van der Waals surface area contributed by atoms with E-state index >= 15 is 0 Å². The van der Waals surface area contributed by atoms with Crippen molar-refractivity contribution >= 4 is 17.0 Å². The van der Waals surface area contributed by atoms with Crippen LogP contribution in [0.2, 0.25) is 0 Å². The molecule has 4 bridgehead atoms. The van der Waals surface area contributed by atoms with E-state index < -0.39 is 0 Å². The number of aromatic nitrogens is 4. The van der Waals surface area contributed by atoms with Gasteiger partial charge in [0.1, 0.15) is 5.52 Å². The molecule has 24 heavy (non-hydrogen) atoms. The largest absolute Gasteiger partial charge is 0.463 e. The molecule has 0 spiro atoms. The van der Waals surface area contributed by atoms with Gasteiger partial charge in [-0.05, 0) is 24.0 Å². The van der Waals surface area contributed by atoms with Crippen LogP contribution in [-0.2, 0) is 13.0 Å². The monoisotopic (exact) mass is 323 g/mol. The zero-order chi connectivity index (χ0) is 16.5. The lowest BCUT2D eigenvalue weighted by Gasteiger charge is -2.08. The predicted octanol–water partition coefficient (Wildman–Crippen LogP) is 1.63. The molecule has 0 amide bonds. The molecule has 0 saturated heterocycles. The van der Waals surface area contributed by atoms with E-state index in [4.69, 9.17) is 10.5 Å². The number of nitrogens with zero attached hydrogens (tertiary/aromatic N) is 3.